The number of rotatable bonds is 8. The Bertz CT molecular complexity index is 518. The van der Waals surface area contributed by atoms with E-state index in [0.717, 1.165) is 35.7 Å². The van der Waals surface area contributed by atoms with Crippen LogP contribution in [0.15, 0.2) is 22.7 Å². The Kier molecular flexibility index (Phi) is 5.66. The Labute approximate surface area is 135 Å². The second-order valence-corrected chi connectivity index (χ2v) is 7.22. The van der Waals surface area contributed by atoms with E-state index < -0.39 is 0 Å². The normalized spacial score (nSPS) is 14.8. The van der Waals surface area contributed by atoms with Crippen molar-refractivity contribution < 1.29 is 4.74 Å². The molecule has 1 fully saturated rings. The van der Waals surface area contributed by atoms with Gasteiger partial charge in [-0.2, -0.15) is 5.26 Å². The monoisotopic (exact) mass is 350 g/mol. The van der Waals surface area contributed by atoms with Gasteiger partial charge in [0, 0.05) is 12.6 Å². The van der Waals surface area contributed by atoms with Gasteiger partial charge in [-0.1, -0.05) is 6.07 Å². The second-order valence-electron chi connectivity index (χ2n) is 6.37. The zero-order chi connectivity index (χ0) is 15.3. The van der Waals surface area contributed by atoms with Crippen molar-refractivity contribution in [3.8, 4) is 11.8 Å². The average molecular weight is 351 g/mol. The van der Waals surface area contributed by atoms with Crippen LogP contribution in [-0.2, 0) is 6.54 Å². The molecule has 114 valence electrons. The lowest BCUT2D eigenvalue weighted by molar-refractivity contribution is 0.282. The standard InChI is InChI=1S/C17H23BrN2O/c1-17(2,12-19)8-3-9-21-16-7-4-13(10-15(16)18)11-20-14-5-6-14/h4,7,10,14,20H,3,5-6,8-9,11H2,1-2H3. The number of benzene rings is 1. The van der Waals surface area contributed by atoms with Crippen molar-refractivity contribution in [3.05, 3.63) is 28.2 Å². The first-order chi connectivity index (χ1) is 10.00. The quantitative estimate of drug-likeness (QED) is 0.706. The molecule has 0 unspecified atom stereocenters. The number of nitriles is 1. The van der Waals surface area contributed by atoms with Crippen LogP contribution >= 0.6 is 15.9 Å². The van der Waals surface area contributed by atoms with E-state index in [1.807, 2.05) is 19.9 Å². The molecular weight excluding hydrogens is 328 g/mol. The first kappa shape index (κ1) is 16.3. The van der Waals surface area contributed by atoms with Crippen LogP contribution in [0.5, 0.6) is 5.75 Å². The lowest BCUT2D eigenvalue weighted by Crippen LogP contribution is -2.15. The summed E-state index contributed by atoms with van der Waals surface area (Å²) < 4.78 is 6.79. The Hall–Kier alpha value is -1.05. The highest BCUT2D eigenvalue weighted by molar-refractivity contribution is 9.10. The summed E-state index contributed by atoms with van der Waals surface area (Å²) in [6.45, 7) is 5.48. The van der Waals surface area contributed by atoms with Gasteiger partial charge in [0.25, 0.3) is 0 Å². The largest absolute Gasteiger partial charge is 0.492 e. The van der Waals surface area contributed by atoms with Crippen molar-refractivity contribution in [3.63, 3.8) is 0 Å². The summed E-state index contributed by atoms with van der Waals surface area (Å²) in [6, 6.07) is 9.28. The molecule has 21 heavy (non-hydrogen) atoms. The Morgan fingerprint density at radius 2 is 2.19 bits per heavy atom. The number of halogens is 1. The molecule has 1 N–H and O–H groups in total. The maximum atomic E-state index is 8.97. The summed E-state index contributed by atoms with van der Waals surface area (Å²) in [5.41, 5.74) is 1.01. The molecule has 0 atom stereocenters. The van der Waals surface area contributed by atoms with Gasteiger partial charge < -0.3 is 10.1 Å². The fourth-order valence-electron chi connectivity index (χ4n) is 2.07. The zero-order valence-electron chi connectivity index (χ0n) is 12.8. The van der Waals surface area contributed by atoms with Crippen LogP contribution in [0.25, 0.3) is 0 Å². The number of ether oxygens (including phenoxy) is 1. The Balaban J connectivity index is 1.76. The number of hydrogen-bond acceptors (Lipinski definition) is 3. The lowest BCUT2D eigenvalue weighted by atomic mass is 9.90. The highest BCUT2D eigenvalue weighted by Crippen LogP contribution is 2.28. The van der Waals surface area contributed by atoms with E-state index in [9.17, 15) is 0 Å². The number of nitrogens with zero attached hydrogens (tertiary/aromatic N) is 1. The molecule has 0 radical (unpaired) electrons. The molecule has 0 aromatic heterocycles. The van der Waals surface area contributed by atoms with Crippen LogP contribution in [0, 0.1) is 16.7 Å². The molecule has 3 nitrogen and oxygen atoms in total. The van der Waals surface area contributed by atoms with Crippen LogP contribution in [-0.4, -0.2) is 12.6 Å². The zero-order valence-corrected chi connectivity index (χ0v) is 14.4. The minimum atomic E-state index is -0.265. The molecule has 0 heterocycles. The summed E-state index contributed by atoms with van der Waals surface area (Å²) in [6.07, 6.45) is 4.35. The van der Waals surface area contributed by atoms with Gasteiger partial charge in [-0.15, -0.1) is 0 Å². The predicted molar refractivity (Wildman–Crippen MR) is 88.1 cm³/mol. The van der Waals surface area contributed by atoms with Crippen molar-refractivity contribution >= 4 is 15.9 Å². The summed E-state index contributed by atoms with van der Waals surface area (Å²) in [7, 11) is 0. The molecule has 0 amide bonds. The molecule has 0 spiro atoms. The highest BCUT2D eigenvalue weighted by atomic mass is 79.9. The Morgan fingerprint density at radius 3 is 2.81 bits per heavy atom. The van der Waals surface area contributed by atoms with Crippen molar-refractivity contribution in [1.82, 2.24) is 5.32 Å². The highest BCUT2D eigenvalue weighted by Gasteiger charge is 2.20. The van der Waals surface area contributed by atoms with Crippen molar-refractivity contribution in [2.45, 2.75) is 52.1 Å². The van der Waals surface area contributed by atoms with Crippen LogP contribution in [0.4, 0.5) is 0 Å². The molecule has 0 bridgehead atoms. The Morgan fingerprint density at radius 1 is 1.43 bits per heavy atom. The number of nitrogens with one attached hydrogen (secondary N) is 1. The SMILES string of the molecule is CC(C)(C#N)CCCOc1ccc(CNC2CC2)cc1Br. The molecule has 0 saturated heterocycles. The van der Waals surface area contributed by atoms with E-state index in [2.05, 4.69) is 39.4 Å². The molecule has 1 aliphatic carbocycles. The maximum Gasteiger partial charge on any atom is 0.133 e. The van der Waals surface area contributed by atoms with E-state index in [0.29, 0.717) is 6.61 Å². The topological polar surface area (TPSA) is 45.0 Å². The number of hydrogen-bond donors (Lipinski definition) is 1. The summed E-state index contributed by atoms with van der Waals surface area (Å²) in [4.78, 5) is 0. The molecule has 2 rings (SSSR count). The van der Waals surface area contributed by atoms with Crippen molar-refractivity contribution in [2.75, 3.05) is 6.61 Å². The first-order valence-corrected chi connectivity index (χ1v) is 8.35. The van der Waals surface area contributed by atoms with Crippen LogP contribution in [0.3, 0.4) is 0 Å². The third kappa shape index (κ3) is 5.68. The van der Waals surface area contributed by atoms with Crippen molar-refractivity contribution in [1.29, 1.82) is 5.26 Å². The molecular formula is C17H23BrN2O. The summed E-state index contributed by atoms with van der Waals surface area (Å²) >= 11 is 3.57. The third-order valence-electron chi connectivity index (χ3n) is 3.67. The summed E-state index contributed by atoms with van der Waals surface area (Å²) in [5.74, 6) is 0.875. The van der Waals surface area contributed by atoms with Gasteiger partial charge in [0.1, 0.15) is 5.75 Å². The van der Waals surface area contributed by atoms with E-state index in [1.165, 1.54) is 18.4 Å². The van der Waals surface area contributed by atoms with E-state index in [-0.39, 0.29) is 5.41 Å². The second kappa shape index (κ2) is 7.29. The van der Waals surface area contributed by atoms with Crippen LogP contribution in [0.1, 0.15) is 45.1 Å². The average Bonchev–Trinajstić information content (AvgIpc) is 3.27. The van der Waals surface area contributed by atoms with E-state index in [4.69, 9.17) is 10.00 Å². The molecule has 1 aromatic rings. The molecule has 4 heteroatoms. The minimum Gasteiger partial charge on any atom is -0.492 e. The van der Waals surface area contributed by atoms with Gasteiger partial charge in [0.05, 0.1) is 22.6 Å². The smallest absolute Gasteiger partial charge is 0.133 e. The first-order valence-electron chi connectivity index (χ1n) is 7.56. The molecule has 1 saturated carbocycles. The molecule has 0 aliphatic heterocycles. The fraction of sp³-hybridized carbons (Fsp3) is 0.588. The van der Waals surface area contributed by atoms with Crippen LogP contribution in [0.2, 0.25) is 0 Å². The summed E-state index contributed by atoms with van der Waals surface area (Å²) in [5, 5.41) is 12.5. The van der Waals surface area contributed by atoms with Gasteiger partial charge in [-0.05, 0) is 73.2 Å². The predicted octanol–water partition coefficient (Wildman–Crippen LogP) is 4.41. The fourth-order valence-corrected chi connectivity index (χ4v) is 2.61. The van der Waals surface area contributed by atoms with Gasteiger partial charge in [-0.25, -0.2) is 0 Å². The van der Waals surface area contributed by atoms with Crippen LogP contribution < -0.4 is 10.1 Å². The van der Waals surface area contributed by atoms with Crippen molar-refractivity contribution in [2.24, 2.45) is 5.41 Å². The van der Waals surface area contributed by atoms with E-state index in [1.54, 1.807) is 0 Å². The van der Waals surface area contributed by atoms with E-state index >= 15 is 0 Å². The third-order valence-corrected chi connectivity index (χ3v) is 4.29. The van der Waals surface area contributed by atoms with Gasteiger partial charge in [-0.3, -0.25) is 0 Å². The minimum absolute atomic E-state index is 0.265. The lowest BCUT2D eigenvalue weighted by Gasteiger charge is -2.15. The molecule has 1 aliphatic rings. The van der Waals surface area contributed by atoms with Gasteiger partial charge in [0.2, 0.25) is 0 Å². The molecule has 1 aromatic carbocycles. The maximum absolute atomic E-state index is 8.97. The van der Waals surface area contributed by atoms with Gasteiger partial charge >= 0.3 is 0 Å². The van der Waals surface area contributed by atoms with Gasteiger partial charge in [0.15, 0.2) is 0 Å².